The lowest BCUT2D eigenvalue weighted by Gasteiger charge is -2.28. The van der Waals surface area contributed by atoms with Crippen LogP contribution in [0.1, 0.15) is 0 Å². The van der Waals surface area contributed by atoms with Gasteiger partial charge in [0.25, 0.3) is 16.2 Å². The van der Waals surface area contributed by atoms with Crippen LogP contribution in [0.3, 0.4) is 0 Å². The maximum Gasteiger partial charge on any atom is 0.456 e. The third-order valence-electron chi connectivity index (χ3n) is 1.62. The Bertz CT molecular complexity index is 374. The van der Waals surface area contributed by atoms with Crippen LogP contribution in [0, 0.1) is 0 Å². The molecule has 0 saturated carbocycles. The van der Waals surface area contributed by atoms with Crippen molar-refractivity contribution in [1.82, 2.24) is 4.72 Å². The lowest BCUT2D eigenvalue weighted by Crippen LogP contribution is -2.57. The van der Waals surface area contributed by atoms with Gasteiger partial charge in [-0.2, -0.15) is 30.7 Å². The maximum atomic E-state index is 12.6. The summed E-state index contributed by atoms with van der Waals surface area (Å²) in [6, 6.07) is 0. The number of sulfonamides is 1. The Labute approximate surface area is 89.8 Å². The summed E-state index contributed by atoms with van der Waals surface area (Å²) in [7, 11) is -5.67. The Kier molecular flexibility index (Phi) is 4.06. The molecule has 1 atom stereocenters. The first kappa shape index (κ1) is 16.4. The third-order valence-corrected chi connectivity index (χ3v) is 3.08. The molecule has 0 amide bonds. The average Bonchev–Trinajstić information content (AvgIpc) is 2.14. The number of hydrogen-bond donors (Lipinski definition) is 1. The molecule has 0 aromatic carbocycles. The molecule has 0 rings (SSSR count). The van der Waals surface area contributed by atoms with Crippen LogP contribution < -0.4 is 4.72 Å². The Morgan fingerprint density at radius 1 is 1.00 bits per heavy atom. The van der Waals surface area contributed by atoms with Crippen LogP contribution >= 0.6 is 0 Å². The van der Waals surface area contributed by atoms with Gasteiger partial charge in [-0.25, -0.2) is 17.5 Å². The molecule has 0 aliphatic heterocycles. The molecule has 0 aromatic rings. The quantitative estimate of drug-likeness (QED) is 0.802. The van der Waals surface area contributed by atoms with E-state index in [1.165, 1.54) is 0 Å². The summed E-state index contributed by atoms with van der Waals surface area (Å²) in [4.78, 5) is 0. The molecule has 0 aliphatic carbocycles. The van der Waals surface area contributed by atoms with E-state index in [1.54, 1.807) is 0 Å². The van der Waals surface area contributed by atoms with Gasteiger partial charge in [0, 0.05) is 0 Å². The first-order valence-corrected chi connectivity index (χ1v) is 5.09. The molecule has 0 radical (unpaired) electrons. The van der Waals surface area contributed by atoms with E-state index in [4.69, 9.17) is 0 Å². The molecule has 1 N–H and O–H groups in total. The number of halogens is 8. The molecule has 0 aliphatic rings. The minimum Gasteiger partial charge on any atom is -0.232 e. The first-order chi connectivity index (χ1) is 7.22. The summed E-state index contributed by atoms with van der Waals surface area (Å²) in [5.74, 6) is -6.50. The van der Waals surface area contributed by atoms with E-state index >= 15 is 0 Å². The van der Waals surface area contributed by atoms with Crippen LogP contribution in [0.25, 0.3) is 0 Å². The lowest BCUT2D eigenvalue weighted by atomic mass is 10.2. The predicted octanol–water partition coefficient (Wildman–Crippen LogP) is 1.66. The summed E-state index contributed by atoms with van der Waals surface area (Å²) in [5.41, 5.74) is 0. The third kappa shape index (κ3) is 2.61. The Hall–Kier alpha value is -0.650. The second kappa shape index (κ2) is 4.23. The number of nitrogens with one attached hydrogen (secondary N) is 1. The van der Waals surface area contributed by atoms with E-state index in [2.05, 4.69) is 0 Å². The number of rotatable bonds is 4. The zero-order chi connectivity index (χ0) is 14.3. The summed E-state index contributed by atoms with van der Waals surface area (Å²) >= 11 is 0. The zero-order valence-corrected chi connectivity index (χ0v) is 8.64. The van der Waals surface area contributed by atoms with E-state index in [1.807, 2.05) is 0 Å². The van der Waals surface area contributed by atoms with Crippen molar-refractivity contribution in [3.05, 3.63) is 0 Å². The molecule has 0 saturated heterocycles. The smallest absolute Gasteiger partial charge is 0.232 e. The van der Waals surface area contributed by atoms with Crippen LogP contribution in [-0.4, -0.2) is 39.0 Å². The molecular weight excluding hydrogens is 290 g/mol. The number of alkyl halides is 8. The minimum absolute atomic E-state index is 0.307. The first-order valence-electron chi connectivity index (χ1n) is 3.61. The van der Waals surface area contributed by atoms with Gasteiger partial charge in [0.15, 0.2) is 0 Å². The van der Waals surface area contributed by atoms with Crippen molar-refractivity contribution in [3.63, 3.8) is 0 Å². The fourth-order valence-corrected chi connectivity index (χ4v) is 1.32. The molecule has 3 nitrogen and oxygen atoms in total. The van der Waals surface area contributed by atoms with Crippen molar-refractivity contribution >= 4 is 10.0 Å². The molecule has 0 spiro atoms. The topological polar surface area (TPSA) is 46.2 Å². The molecule has 12 heteroatoms. The van der Waals surface area contributed by atoms with Crippen LogP contribution in [-0.2, 0) is 10.0 Å². The molecule has 0 bridgehead atoms. The van der Waals surface area contributed by atoms with Crippen molar-refractivity contribution in [1.29, 1.82) is 0 Å². The fraction of sp³-hybridized carbons (Fsp3) is 1.00. The highest BCUT2D eigenvalue weighted by Gasteiger charge is 2.73. The van der Waals surface area contributed by atoms with Gasteiger partial charge >= 0.3 is 17.4 Å². The van der Waals surface area contributed by atoms with Gasteiger partial charge in [0.2, 0.25) is 0 Å². The van der Waals surface area contributed by atoms with Crippen molar-refractivity contribution < 1.29 is 43.5 Å². The zero-order valence-electron chi connectivity index (χ0n) is 7.83. The Balaban J connectivity index is 5.55. The SMILES string of the molecule is CNS(=O)(=O)C(F)(F)C(F)C(F)(F)C(F)(F)F. The molecule has 104 valence electrons. The van der Waals surface area contributed by atoms with Crippen LogP contribution in [0.2, 0.25) is 0 Å². The van der Waals surface area contributed by atoms with Crippen molar-refractivity contribution in [3.8, 4) is 0 Å². The van der Waals surface area contributed by atoms with Gasteiger partial charge in [-0.15, -0.1) is 0 Å². The van der Waals surface area contributed by atoms with Gasteiger partial charge < -0.3 is 0 Å². The molecule has 0 aromatic heterocycles. The normalized spacial score (nSPS) is 17.0. The van der Waals surface area contributed by atoms with E-state index in [0.29, 0.717) is 7.05 Å². The van der Waals surface area contributed by atoms with Crippen molar-refractivity contribution in [2.45, 2.75) is 23.5 Å². The van der Waals surface area contributed by atoms with Crippen LogP contribution in [0.4, 0.5) is 35.1 Å². The van der Waals surface area contributed by atoms with Crippen LogP contribution in [0.15, 0.2) is 0 Å². The van der Waals surface area contributed by atoms with Crippen molar-refractivity contribution in [2.24, 2.45) is 0 Å². The maximum absolute atomic E-state index is 12.6. The van der Waals surface area contributed by atoms with Gasteiger partial charge in [-0.05, 0) is 7.05 Å². The number of hydrogen-bond acceptors (Lipinski definition) is 2. The summed E-state index contributed by atoms with van der Waals surface area (Å²) in [6.07, 6.45) is -11.9. The largest absolute Gasteiger partial charge is 0.456 e. The van der Waals surface area contributed by atoms with Crippen LogP contribution in [0.5, 0.6) is 0 Å². The predicted molar refractivity (Wildman–Crippen MR) is 38.8 cm³/mol. The minimum atomic E-state index is -6.64. The van der Waals surface area contributed by atoms with Gasteiger partial charge in [-0.3, -0.25) is 0 Å². The highest BCUT2D eigenvalue weighted by Crippen LogP contribution is 2.46. The monoisotopic (exact) mass is 295 g/mol. The Morgan fingerprint density at radius 2 is 1.35 bits per heavy atom. The Morgan fingerprint density at radius 3 is 1.59 bits per heavy atom. The van der Waals surface area contributed by atoms with Gasteiger partial charge in [-0.1, -0.05) is 0 Å². The summed E-state index contributed by atoms with van der Waals surface area (Å²) in [6.45, 7) is 0. The van der Waals surface area contributed by atoms with Gasteiger partial charge in [0.05, 0.1) is 0 Å². The fourth-order valence-electron chi connectivity index (χ4n) is 0.627. The lowest BCUT2D eigenvalue weighted by molar-refractivity contribution is -0.318. The standard InChI is InChI=1S/C5H5F8NO2S/c1-14-17(15,16)4(9,10)2(6)3(7,8)5(11,12)13/h2,14H,1H3. The molecule has 0 heterocycles. The van der Waals surface area contributed by atoms with E-state index < -0.39 is 33.5 Å². The summed E-state index contributed by atoms with van der Waals surface area (Å²) in [5, 5.41) is -5.93. The highest BCUT2D eigenvalue weighted by molar-refractivity contribution is 7.90. The van der Waals surface area contributed by atoms with Gasteiger partial charge in [0.1, 0.15) is 0 Å². The van der Waals surface area contributed by atoms with E-state index in [-0.39, 0.29) is 0 Å². The van der Waals surface area contributed by atoms with Crippen molar-refractivity contribution in [2.75, 3.05) is 7.05 Å². The molecular formula is C5H5F8NO2S. The molecule has 1 unspecified atom stereocenters. The second-order valence-electron chi connectivity index (χ2n) is 2.75. The molecule has 17 heavy (non-hydrogen) atoms. The van der Waals surface area contributed by atoms with E-state index in [0.717, 1.165) is 4.72 Å². The molecule has 0 fully saturated rings. The van der Waals surface area contributed by atoms with E-state index in [9.17, 15) is 43.5 Å². The second-order valence-corrected chi connectivity index (χ2v) is 4.71. The highest BCUT2D eigenvalue weighted by atomic mass is 32.2. The average molecular weight is 295 g/mol. The summed E-state index contributed by atoms with van der Waals surface area (Å²) < 4.78 is 118.